The maximum atomic E-state index is 3.96. The van der Waals surface area contributed by atoms with E-state index in [2.05, 4.69) is 74.4 Å². The molecule has 1 unspecified atom stereocenters. The Labute approximate surface area is 144 Å². The van der Waals surface area contributed by atoms with Gasteiger partial charge >= 0.3 is 145 Å². The Morgan fingerprint density at radius 2 is 1.55 bits per heavy atom. The molecule has 0 heterocycles. The standard InChI is InChI=1S/C17H22AsN2S2/c1-2-13-21-18(22-14-12-19)15-8-10-17(11-9-15)20-16-6-4-3-5-7-16/h3-11,20H,1-2,12-14,19H2/q+1/p+1. The molecule has 4 N–H and O–H groups in total. The molecule has 2 aromatic carbocycles. The average Bonchev–Trinajstić information content (AvgIpc) is 2.57. The summed E-state index contributed by atoms with van der Waals surface area (Å²) in [6.07, 6.45) is 1.01. The summed E-state index contributed by atoms with van der Waals surface area (Å²) in [4.78, 5) is 0. The van der Waals surface area contributed by atoms with Gasteiger partial charge in [-0.05, 0) is 0 Å². The fourth-order valence-electron chi connectivity index (χ4n) is 1.84. The Morgan fingerprint density at radius 3 is 2.18 bits per heavy atom. The summed E-state index contributed by atoms with van der Waals surface area (Å²) in [6, 6.07) is 19.3. The van der Waals surface area contributed by atoms with Crippen molar-refractivity contribution in [2.24, 2.45) is 0 Å². The van der Waals surface area contributed by atoms with Crippen molar-refractivity contribution in [1.82, 2.24) is 0 Å². The van der Waals surface area contributed by atoms with Gasteiger partial charge in [-0.1, -0.05) is 0 Å². The van der Waals surface area contributed by atoms with Gasteiger partial charge in [0, 0.05) is 0 Å². The number of benzene rings is 2. The minimum absolute atomic E-state index is 1.01. The third-order valence-electron chi connectivity index (χ3n) is 2.85. The molecule has 0 amide bonds. The normalized spacial score (nSPS) is 12.0. The number of nitrogens with one attached hydrogen (secondary N) is 1. The van der Waals surface area contributed by atoms with Crippen LogP contribution in [0.3, 0.4) is 0 Å². The van der Waals surface area contributed by atoms with Crippen LogP contribution in [0.1, 0.15) is 6.42 Å². The first kappa shape index (κ1) is 17.7. The van der Waals surface area contributed by atoms with Crippen molar-refractivity contribution in [1.29, 1.82) is 0 Å². The van der Waals surface area contributed by atoms with Gasteiger partial charge in [-0.3, -0.25) is 0 Å². The van der Waals surface area contributed by atoms with Crippen molar-refractivity contribution in [2.75, 3.05) is 23.4 Å². The van der Waals surface area contributed by atoms with E-state index in [1.807, 2.05) is 18.2 Å². The van der Waals surface area contributed by atoms with E-state index in [4.69, 9.17) is 0 Å². The molecule has 0 aliphatic carbocycles. The van der Waals surface area contributed by atoms with E-state index < -0.39 is 12.3 Å². The number of quaternary nitrogens is 1. The molecule has 2 aromatic rings. The SMILES string of the molecule is [CH2+]CCS[As](SCC[NH3+])c1ccc(Nc2ccccc2)cc1. The molecule has 0 saturated heterocycles. The van der Waals surface area contributed by atoms with Gasteiger partial charge in [0.05, 0.1) is 0 Å². The van der Waals surface area contributed by atoms with Crippen molar-refractivity contribution in [2.45, 2.75) is 6.42 Å². The molecule has 5 heteroatoms. The molecule has 2 nitrogen and oxygen atoms in total. The molecule has 22 heavy (non-hydrogen) atoms. The minimum atomic E-state index is -1.08. The monoisotopic (exact) mass is 394 g/mol. The van der Waals surface area contributed by atoms with Gasteiger partial charge in [-0.25, -0.2) is 0 Å². The Balaban J connectivity index is 2.01. The van der Waals surface area contributed by atoms with Crippen LogP contribution in [-0.4, -0.2) is 30.4 Å². The summed E-state index contributed by atoms with van der Waals surface area (Å²) in [6.45, 7) is 4.97. The van der Waals surface area contributed by atoms with Crippen LogP contribution in [0.4, 0.5) is 11.4 Å². The van der Waals surface area contributed by atoms with Crippen molar-refractivity contribution >= 4 is 48.1 Å². The third-order valence-corrected chi connectivity index (χ3v) is 16.5. The number of para-hydroxylation sites is 1. The molecule has 0 fully saturated rings. The fraction of sp³-hybridized carbons (Fsp3) is 0.235. The van der Waals surface area contributed by atoms with Crippen LogP contribution in [0.15, 0.2) is 54.6 Å². The first-order valence-electron chi connectivity index (χ1n) is 7.40. The van der Waals surface area contributed by atoms with Gasteiger partial charge in [-0.2, -0.15) is 0 Å². The van der Waals surface area contributed by atoms with E-state index >= 15 is 0 Å². The zero-order valence-electron chi connectivity index (χ0n) is 12.7. The van der Waals surface area contributed by atoms with E-state index in [1.54, 1.807) is 0 Å². The van der Waals surface area contributed by atoms with Crippen LogP contribution in [0, 0.1) is 6.92 Å². The second kappa shape index (κ2) is 10.2. The molecule has 0 aliphatic heterocycles. The topological polar surface area (TPSA) is 39.7 Å². The molecular formula is C17H23AsN2S2+2. The Hall–Kier alpha value is -0.672. The van der Waals surface area contributed by atoms with Crippen molar-refractivity contribution in [3.8, 4) is 0 Å². The van der Waals surface area contributed by atoms with E-state index in [0.717, 1.165) is 35.8 Å². The van der Waals surface area contributed by atoms with Crippen molar-refractivity contribution < 1.29 is 5.73 Å². The Bertz CT molecular complexity index is 526. The fourth-order valence-corrected chi connectivity index (χ4v) is 14.4. The van der Waals surface area contributed by atoms with Gasteiger partial charge in [0.25, 0.3) is 0 Å². The van der Waals surface area contributed by atoms with E-state index in [-0.39, 0.29) is 0 Å². The molecule has 0 aromatic heterocycles. The Morgan fingerprint density at radius 1 is 0.909 bits per heavy atom. The van der Waals surface area contributed by atoms with Crippen LogP contribution in [0.25, 0.3) is 0 Å². The van der Waals surface area contributed by atoms with Crippen LogP contribution in [0.2, 0.25) is 0 Å². The van der Waals surface area contributed by atoms with E-state index in [9.17, 15) is 0 Å². The van der Waals surface area contributed by atoms with Crippen molar-refractivity contribution in [3.05, 3.63) is 61.5 Å². The summed E-state index contributed by atoms with van der Waals surface area (Å²) in [7, 11) is 4.25. The quantitative estimate of drug-likeness (QED) is 0.507. The zero-order chi connectivity index (χ0) is 15.6. The molecule has 0 spiro atoms. The second-order valence-corrected chi connectivity index (χ2v) is 16.4. The van der Waals surface area contributed by atoms with Crippen molar-refractivity contribution in [3.63, 3.8) is 0 Å². The molecule has 0 saturated carbocycles. The summed E-state index contributed by atoms with van der Waals surface area (Å²) >= 11 is -1.08. The first-order valence-corrected chi connectivity index (χ1v) is 14.8. The predicted octanol–water partition coefficient (Wildman–Crippen LogP) is 3.06. The summed E-state index contributed by atoms with van der Waals surface area (Å²) in [5.41, 5.74) is 6.24. The molecule has 2 rings (SSSR count). The summed E-state index contributed by atoms with van der Waals surface area (Å²) in [5, 5.41) is 3.44. The average molecular weight is 394 g/mol. The third kappa shape index (κ3) is 5.85. The number of anilines is 2. The van der Waals surface area contributed by atoms with Crippen LogP contribution >= 0.6 is 20.0 Å². The second-order valence-electron chi connectivity index (χ2n) is 4.67. The predicted molar refractivity (Wildman–Crippen MR) is 104 cm³/mol. The molecule has 0 aliphatic rings. The van der Waals surface area contributed by atoms with Gasteiger partial charge in [0.1, 0.15) is 0 Å². The van der Waals surface area contributed by atoms with Crippen LogP contribution in [-0.2, 0) is 0 Å². The number of rotatable bonds is 9. The molecule has 0 radical (unpaired) electrons. The van der Waals surface area contributed by atoms with Gasteiger partial charge in [-0.15, -0.1) is 0 Å². The Kier molecular flexibility index (Phi) is 8.17. The maximum absolute atomic E-state index is 3.96. The van der Waals surface area contributed by atoms with Gasteiger partial charge < -0.3 is 0 Å². The van der Waals surface area contributed by atoms with Crippen LogP contribution in [0.5, 0.6) is 0 Å². The molecule has 1 atom stereocenters. The van der Waals surface area contributed by atoms with E-state index in [1.165, 1.54) is 4.35 Å². The number of hydrogen-bond acceptors (Lipinski definition) is 3. The van der Waals surface area contributed by atoms with Crippen LogP contribution < -0.4 is 15.4 Å². The molecule has 0 bridgehead atoms. The van der Waals surface area contributed by atoms with E-state index in [0.29, 0.717) is 0 Å². The zero-order valence-corrected chi connectivity index (χ0v) is 16.2. The van der Waals surface area contributed by atoms with Gasteiger partial charge in [0.2, 0.25) is 0 Å². The summed E-state index contributed by atoms with van der Waals surface area (Å²) < 4.78 is 1.52. The first-order chi connectivity index (χ1) is 10.8. The summed E-state index contributed by atoms with van der Waals surface area (Å²) in [5.74, 6) is 2.32. The number of hydrogen-bond donors (Lipinski definition) is 2. The van der Waals surface area contributed by atoms with Gasteiger partial charge in [0.15, 0.2) is 0 Å². The molecular weight excluding hydrogens is 371 g/mol. The molecule has 116 valence electrons.